The monoisotopic (exact) mass is 766 g/mol. The van der Waals surface area contributed by atoms with Gasteiger partial charge in [-0.25, -0.2) is 19.9 Å². The Morgan fingerprint density at radius 1 is 0.741 bits per heavy atom. The van der Waals surface area contributed by atoms with E-state index in [1.54, 1.807) is 22.7 Å². The molecule has 2 unspecified atom stereocenters. The van der Waals surface area contributed by atoms with Crippen LogP contribution in [0, 0.1) is 19.8 Å². The Labute approximate surface area is 324 Å². The minimum absolute atomic E-state index is 0.259. The van der Waals surface area contributed by atoms with E-state index >= 15 is 0 Å². The van der Waals surface area contributed by atoms with Crippen molar-refractivity contribution in [3.8, 4) is 21.1 Å². The van der Waals surface area contributed by atoms with Crippen LogP contribution in [-0.4, -0.2) is 87.1 Å². The Morgan fingerprint density at radius 2 is 1.31 bits per heavy atom. The fourth-order valence-corrected chi connectivity index (χ4v) is 9.02. The molecule has 2 aromatic carbocycles. The van der Waals surface area contributed by atoms with Crippen LogP contribution >= 0.6 is 22.7 Å². The highest BCUT2D eigenvalue weighted by molar-refractivity contribution is 7.22. The van der Waals surface area contributed by atoms with Crippen molar-refractivity contribution in [2.45, 2.75) is 65.8 Å². The second-order valence-electron chi connectivity index (χ2n) is 13.8. The SMILES string of the molecule is CCCNc1nc(C)c(-c2nc3ccccc3s2)c(N2CCOCC2)n1.CCCNc1nc(C)c(-c2nc3ccccc3s2)c(NC2CCC(CO)C2)n1. The van der Waals surface area contributed by atoms with E-state index in [9.17, 15) is 5.11 Å². The van der Waals surface area contributed by atoms with Gasteiger partial charge in [0, 0.05) is 38.8 Å². The average Bonchev–Trinajstić information content (AvgIpc) is 3.95. The van der Waals surface area contributed by atoms with Crippen LogP contribution in [0.3, 0.4) is 0 Å². The number of morpholine rings is 1. The number of ether oxygens (including phenoxy) is 1. The quantitative estimate of drug-likeness (QED) is 0.0953. The smallest absolute Gasteiger partial charge is 0.224 e. The molecule has 0 amide bonds. The lowest BCUT2D eigenvalue weighted by atomic mass is 10.1. The van der Waals surface area contributed by atoms with Gasteiger partial charge >= 0.3 is 0 Å². The van der Waals surface area contributed by atoms with Crippen molar-refractivity contribution >= 4 is 66.6 Å². The maximum absolute atomic E-state index is 9.48. The van der Waals surface area contributed by atoms with Crippen LogP contribution in [0.25, 0.3) is 41.6 Å². The summed E-state index contributed by atoms with van der Waals surface area (Å²) in [6, 6.07) is 16.7. The second kappa shape index (κ2) is 17.8. The summed E-state index contributed by atoms with van der Waals surface area (Å²) in [5, 5.41) is 21.7. The molecule has 284 valence electrons. The molecule has 0 spiro atoms. The number of hydrogen-bond acceptors (Lipinski definition) is 14. The number of aromatic nitrogens is 6. The van der Waals surface area contributed by atoms with Crippen LogP contribution in [0.4, 0.5) is 23.5 Å². The highest BCUT2D eigenvalue weighted by Crippen LogP contribution is 2.39. The maximum Gasteiger partial charge on any atom is 0.224 e. The van der Waals surface area contributed by atoms with Crippen molar-refractivity contribution in [1.29, 1.82) is 0 Å². The maximum atomic E-state index is 9.48. The first-order chi connectivity index (χ1) is 26.4. The molecule has 0 bridgehead atoms. The van der Waals surface area contributed by atoms with Crippen molar-refractivity contribution in [2.24, 2.45) is 5.92 Å². The number of rotatable bonds is 12. The molecule has 1 aliphatic carbocycles. The van der Waals surface area contributed by atoms with Gasteiger partial charge in [0.05, 0.1) is 56.2 Å². The van der Waals surface area contributed by atoms with Gasteiger partial charge in [0.2, 0.25) is 11.9 Å². The molecule has 1 saturated carbocycles. The summed E-state index contributed by atoms with van der Waals surface area (Å²) in [5.74, 6) is 3.52. The summed E-state index contributed by atoms with van der Waals surface area (Å²) < 4.78 is 7.87. The summed E-state index contributed by atoms with van der Waals surface area (Å²) >= 11 is 3.37. The highest BCUT2D eigenvalue weighted by Gasteiger charge is 2.27. The fourth-order valence-electron chi connectivity index (χ4n) is 6.90. The van der Waals surface area contributed by atoms with E-state index in [1.807, 2.05) is 44.2 Å². The van der Waals surface area contributed by atoms with Gasteiger partial charge in [-0.3, -0.25) is 0 Å². The number of hydrogen-bond donors (Lipinski definition) is 4. The molecule has 1 aliphatic heterocycles. The van der Waals surface area contributed by atoms with Crippen molar-refractivity contribution in [2.75, 3.05) is 66.8 Å². The van der Waals surface area contributed by atoms with Gasteiger partial charge in [-0.1, -0.05) is 38.1 Å². The van der Waals surface area contributed by atoms with Gasteiger partial charge in [0.15, 0.2) is 0 Å². The number of nitrogens with zero attached hydrogens (tertiary/aromatic N) is 7. The molecule has 5 heterocycles. The number of aryl methyl sites for hydroxylation is 2. The minimum Gasteiger partial charge on any atom is -0.396 e. The zero-order chi connectivity index (χ0) is 37.4. The normalized spacial score (nSPS) is 17.1. The summed E-state index contributed by atoms with van der Waals surface area (Å²) in [5.41, 5.74) is 5.92. The van der Waals surface area contributed by atoms with Gasteiger partial charge in [-0.15, -0.1) is 22.7 Å². The highest BCUT2D eigenvalue weighted by atomic mass is 32.1. The molecule has 4 N–H and O–H groups in total. The topological polar surface area (TPSA) is 146 Å². The molecule has 2 atom stereocenters. The first kappa shape index (κ1) is 37.8. The predicted octanol–water partition coefficient (Wildman–Crippen LogP) is 8.18. The number of para-hydroxylation sites is 2. The Hall–Kier alpha value is -4.50. The number of thiazole rings is 2. The van der Waals surface area contributed by atoms with Gasteiger partial charge < -0.3 is 30.7 Å². The number of aliphatic hydroxyl groups excluding tert-OH is 1. The van der Waals surface area contributed by atoms with E-state index < -0.39 is 0 Å². The van der Waals surface area contributed by atoms with Gasteiger partial charge in [0.25, 0.3) is 0 Å². The largest absolute Gasteiger partial charge is 0.396 e. The molecular weight excluding hydrogens is 717 g/mol. The first-order valence-corrected chi connectivity index (χ1v) is 20.7. The van der Waals surface area contributed by atoms with Crippen molar-refractivity contribution in [3.63, 3.8) is 0 Å². The summed E-state index contributed by atoms with van der Waals surface area (Å²) in [4.78, 5) is 31.0. The lowest BCUT2D eigenvalue weighted by Crippen LogP contribution is -2.37. The van der Waals surface area contributed by atoms with E-state index in [4.69, 9.17) is 29.7 Å². The molecule has 6 aromatic rings. The van der Waals surface area contributed by atoms with Crippen LogP contribution < -0.4 is 20.9 Å². The molecule has 0 radical (unpaired) electrons. The summed E-state index contributed by atoms with van der Waals surface area (Å²) in [6.45, 7) is 13.4. The summed E-state index contributed by atoms with van der Waals surface area (Å²) in [7, 11) is 0. The zero-order valence-electron chi connectivity index (χ0n) is 31.6. The molecule has 12 nitrogen and oxygen atoms in total. The van der Waals surface area contributed by atoms with Crippen LogP contribution in [0.15, 0.2) is 48.5 Å². The number of nitrogens with one attached hydrogen (secondary N) is 3. The van der Waals surface area contributed by atoms with E-state index in [2.05, 4.69) is 57.9 Å². The third-order valence-electron chi connectivity index (χ3n) is 9.69. The number of benzene rings is 2. The molecule has 2 fully saturated rings. The Balaban J connectivity index is 0.000000167. The second-order valence-corrected chi connectivity index (χ2v) is 15.9. The van der Waals surface area contributed by atoms with Crippen LogP contribution in [-0.2, 0) is 4.74 Å². The molecule has 2 aliphatic rings. The standard InChI is InChI=1S/C21H27N5OS.C19H23N5OS/c1-3-10-22-21-23-13(2)18(20-25-16-6-4-5-7-17(16)28-20)19(26-21)24-15-9-8-14(11-15)12-27;1-3-8-20-19-21-13(2)16(17(23-19)24-9-11-25-12-10-24)18-22-14-6-4-5-7-15(14)26-18/h4-7,14-15,27H,3,8-12H2,1-2H3,(H2,22,23,24,26);4-7H,3,8-12H2,1-2H3,(H,20,21,23). The average molecular weight is 767 g/mol. The van der Waals surface area contributed by atoms with Crippen LogP contribution in [0.1, 0.15) is 57.3 Å². The lowest BCUT2D eigenvalue weighted by Gasteiger charge is -2.29. The van der Waals surface area contributed by atoms with Crippen LogP contribution in [0.5, 0.6) is 0 Å². The first-order valence-electron chi connectivity index (χ1n) is 19.1. The third kappa shape index (κ3) is 8.72. The molecule has 1 saturated heterocycles. The predicted molar refractivity (Wildman–Crippen MR) is 223 cm³/mol. The Kier molecular flexibility index (Phi) is 12.4. The van der Waals surface area contributed by atoms with Crippen LogP contribution in [0.2, 0.25) is 0 Å². The zero-order valence-corrected chi connectivity index (χ0v) is 33.2. The molecule has 8 rings (SSSR count). The molecule has 4 aromatic heterocycles. The fraction of sp³-hybridized carbons (Fsp3) is 0.450. The lowest BCUT2D eigenvalue weighted by molar-refractivity contribution is 0.122. The number of anilines is 4. The van der Waals surface area contributed by atoms with E-state index in [0.717, 1.165) is 131 Å². The van der Waals surface area contributed by atoms with E-state index in [-0.39, 0.29) is 6.61 Å². The molecule has 54 heavy (non-hydrogen) atoms. The Bertz CT molecular complexity index is 2100. The number of aliphatic hydroxyl groups is 1. The van der Waals surface area contributed by atoms with Crippen molar-refractivity contribution in [1.82, 2.24) is 29.9 Å². The van der Waals surface area contributed by atoms with Crippen molar-refractivity contribution in [3.05, 3.63) is 59.9 Å². The van der Waals surface area contributed by atoms with E-state index in [0.29, 0.717) is 23.9 Å². The Morgan fingerprint density at radius 3 is 1.89 bits per heavy atom. The van der Waals surface area contributed by atoms with Crippen molar-refractivity contribution < 1.29 is 9.84 Å². The summed E-state index contributed by atoms with van der Waals surface area (Å²) in [6.07, 6.45) is 5.12. The number of fused-ring (bicyclic) bond motifs is 2. The van der Waals surface area contributed by atoms with Gasteiger partial charge in [0.1, 0.15) is 21.7 Å². The van der Waals surface area contributed by atoms with Gasteiger partial charge in [-0.05, 0) is 76.1 Å². The third-order valence-corrected chi connectivity index (χ3v) is 11.8. The van der Waals surface area contributed by atoms with E-state index in [1.165, 1.54) is 4.70 Å². The molecular formula is C40H50N10O2S2. The molecule has 14 heteroatoms. The minimum atomic E-state index is 0.259. The van der Waals surface area contributed by atoms with Gasteiger partial charge in [-0.2, -0.15) is 9.97 Å².